The standard InChI is InChI=1S/C16H20N4O/c1-12-4-5-15(20-8-7-18-11-20)14(9-12)16(21)19-13-3-2-6-17-10-13/h4-5,7-9,11,13,17H,2-3,6,10H2,1H3,(H,19,21)/t13-/m0/s1. The molecular weight excluding hydrogens is 264 g/mol. The average Bonchev–Trinajstić information content (AvgIpc) is 3.02. The fourth-order valence-electron chi connectivity index (χ4n) is 2.70. The molecule has 3 rings (SSSR count). The molecular formula is C16H20N4O. The Labute approximate surface area is 124 Å². The minimum atomic E-state index is -0.0175. The number of carbonyl (C=O) groups is 1. The summed E-state index contributed by atoms with van der Waals surface area (Å²) in [6.45, 7) is 3.88. The molecule has 0 radical (unpaired) electrons. The Balaban J connectivity index is 1.86. The van der Waals surface area contributed by atoms with Gasteiger partial charge in [0.05, 0.1) is 17.6 Å². The Morgan fingerprint density at radius 2 is 2.38 bits per heavy atom. The van der Waals surface area contributed by atoms with Crippen LogP contribution in [0.5, 0.6) is 0 Å². The van der Waals surface area contributed by atoms with E-state index in [2.05, 4.69) is 15.6 Å². The molecule has 0 aliphatic carbocycles. The second kappa shape index (κ2) is 6.10. The quantitative estimate of drug-likeness (QED) is 0.901. The summed E-state index contributed by atoms with van der Waals surface area (Å²) in [4.78, 5) is 16.7. The highest BCUT2D eigenvalue weighted by Crippen LogP contribution is 2.17. The molecule has 21 heavy (non-hydrogen) atoms. The average molecular weight is 284 g/mol. The van der Waals surface area contributed by atoms with Crippen LogP contribution in [0.3, 0.4) is 0 Å². The molecule has 5 heteroatoms. The van der Waals surface area contributed by atoms with E-state index in [0.29, 0.717) is 5.56 Å². The lowest BCUT2D eigenvalue weighted by atomic mass is 10.0. The van der Waals surface area contributed by atoms with E-state index in [1.54, 1.807) is 12.5 Å². The molecule has 2 heterocycles. The van der Waals surface area contributed by atoms with Crippen LogP contribution in [-0.4, -0.2) is 34.6 Å². The van der Waals surface area contributed by atoms with Gasteiger partial charge >= 0.3 is 0 Å². The van der Waals surface area contributed by atoms with E-state index in [0.717, 1.165) is 37.2 Å². The van der Waals surface area contributed by atoms with Crippen LogP contribution in [0.1, 0.15) is 28.8 Å². The van der Waals surface area contributed by atoms with Gasteiger partial charge in [0.1, 0.15) is 0 Å². The molecule has 1 fully saturated rings. The number of nitrogens with zero attached hydrogens (tertiary/aromatic N) is 2. The first kappa shape index (κ1) is 13.8. The van der Waals surface area contributed by atoms with Gasteiger partial charge in [0.15, 0.2) is 0 Å². The summed E-state index contributed by atoms with van der Waals surface area (Å²) in [5, 5.41) is 6.44. The van der Waals surface area contributed by atoms with Gasteiger partial charge in [-0.1, -0.05) is 11.6 Å². The number of amides is 1. The molecule has 0 unspecified atom stereocenters. The number of aryl methyl sites for hydroxylation is 1. The van der Waals surface area contributed by atoms with E-state index in [1.165, 1.54) is 0 Å². The van der Waals surface area contributed by atoms with Gasteiger partial charge in [-0.2, -0.15) is 0 Å². The molecule has 1 aliphatic heterocycles. The number of nitrogens with one attached hydrogen (secondary N) is 2. The summed E-state index contributed by atoms with van der Waals surface area (Å²) in [5.74, 6) is -0.0175. The molecule has 1 atom stereocenters. The Kier molecular flexibility index (Phi) is 4.01. The van der Waals surface area contributed by atoms with Gasteiger partial charge in [-0.3, -0.25) is 4.79 Å². The monoisotopic (exact) mass is 284 g/mol. The highest BCUT2D eigenvalue weighted by atomic mass is 16.1. The second-order valence-electron chi connectivity index (χ2n) is 5.51. The number of hydrogen-bond donors (Lipinski definition) is 2. The molecule has 0 spiro atoms. The SMILES string of the molecule is Cc1ccc(-n2ccnc2)c(C(=O)N[C@H]2CCCNC2)c1. The third-order valence-corrected chi connectivity index (χ3v) is 3.81. The van der Waals surface area contributed by atoms with Gasteiger partial charge < -0.3 is 15.2 Å². The lowest BCUT2D eigenvalue weighted by Crippen LogP contribution is -2.45. The number of benzene rings is 1. The summed E-state index contributed by atoms with van der Waals surface area (Å²) < 4.78 is 1.87. The van der Waals surface area contributed by atoms with Crippen LogP contribution in [0, 0.1) is 6.92 Å². The predicted octanol–water partition coefficient (Wildman–Crippen LogP) is 1.66. The maximum atomic E-state index is 12.6. The molecule has 0 bridgehead atoms. The van der Waals surface area contributed by atoms with E-state index in [1.807, 2.05) is 35.9 Å². The van der Waals surface area contributed by atoms with E-state index < -0.39 is 0 Å². The summed E-state index contributed by atoms with van der Waals surface area (Å²) in [5.41, 5.74) is 2.63. The van der Waals surface area contributed by atoms with Crippen molar-refractivity contribution in [1.82, 2.24) is 20.2 Å². The van der Waals surface area contributed by atoms with E-state index >= 15 is 0 Å². The summed E-state index contributed by atoms with van der Waals surface area (Å²) >= 11 is 0. The topological polar surface area (TPSA) is 59.0 Å². The zero-order chi connectivity index (χ0) is 14.7. The Morgan fingerprint density at radius 3 is 3.10 bits per heavy atom. The van der Waals surface area contributed by atoms with Crippen LogP contribution in [0.2, 0.25) is 0 Å². The van der Waals surface area contributed by atoms with Crippen molar-refractivity contribution in [3.8, 4) is 5.69 Å². The van der Waals surface area contributed by atoms with Gasteiger partial charge in [0, 0.05) is 25.0 Å². The number of imidazole rings is 1. The predicted molar refractivity (Wildman–Crippen MR) is 81.7 cm³/mol. The van der Waals surface area contributed by atoms with Gasteiger partial charge in [0.2, 0.25) is 0 Å². The van der Waals surface area contributed by atoms with Crippen molar-refractivity contribution in [1.29, 1.82) is 0 Å². The fraction of sp³-hybridized carbons (Fsp3) is 0.375. The van der Waals surface area contributed by atoms with Gasteiger partial charge in [0.25, 0.3) is 5.91 Å². The summed E-state index contributed by atoms with van der Waals surface area (Å²) in [6, 6.07) is 6.11. The zero-order valence-electron chi connectivity index (χ0n) is 12.2. The third-order valence-electron chi connectivity index (χ3n) is 3.81. The van der Waals surface area contributed by atoms with Crippen molar-refractivity contribution in [3.63, 3.8) is 0 Å². The van der Waals surface area contributed by atoms with Crippen molar-refractivity contribution in [2.24, 2.45) is 0 Å². The first-order valence-electron chi connectivity index (χ1n) is 7.34. The van der Waals surface area contributed by atoms with Crippen molar-refractivity contribution in [3.05, 3.63) is 48.0 Å². The Bertz CT molecular complexity index is 615. The van der Waals surface area contributed by atoms with Crippen molar-refractivity contribution in [2.45, 2.75) is 25.8 Å². The molecule has 1 aromatic heterocycles. The van der Waals surface area contributed by atoms with E-state index in [9.17, 15) is 4.79 Å². The summed E-state index contributed by atoms with van der Waals surface area (Å²) in [7, 11) is 0. The Hall–Kier alpha value is -2.14. The largest absolute Gasteiger partial charge is 0.348 e. The molecule has 1 aromatic carbocycles. The molecule has 1 aliphatic rings. The normalized spacial score (nSPS) is 18.4. The smallest absolute Gasteiger partial charge is 0.253 e. The number of piperidine rings is 1. The van der Waals surface area contributed by atoms with Crippen LogP contribution in [-0.2, 0) is 0 Å². The highest BCUT2D eigenvalue weighted by Gasteiger charge is 2.19. The second-order valence-corrected chi connectivity index (χ2v) is 5.51. The lowest BCUT2D eigenvalue weighted by Gasteiger charge is -2.24. The van der Waals surface area contributed by atoms with Gasteiger partial charge in [-0.15, -0.1) is 0 Å². The fourth-order valence-corrected chi connectivity index (χ4v) is 2.70. The third kappa shape index (κ3) is 3.13. The molecule has 2 aromatic rings. The first-order valence-corrected chi connectivity index (χ1v) is 7.34. The first-order chi connectivity index (χ1) is 10.2. The van der Waals surface area contributed by atoms with Crippen LogP contribution >= 0.6 is 0 Å². The van der Waals surface area contributed by atoms with Crippen LogP contribution in [0.4, 0.5) is 0 Å². The van der Waals surface area contributed by atoms with Crippen LogP contribution in [0.15, 0.2) is 36.9 Å². The summed E-state index contributed by atoms with van der Waals surface area (Å²) in [6.07, 6.45) is 7.41. The van der Waals surface area contributed by atoms with Crippen molar-refractivity contribution in [2.75, 3.05) is 13.1 Å². The molecule has 1 saturated heterocycles. The maximum absolute atomic E-state index is 12.6. The number of hydrogen-bond acceptors (Lipinski definition) is 3. The van der Waals surface area contributed by atoms with Gasteiger partial charge in [-0.25, -0.2) is 4.98 Å². The molecule has 5 nitrogen and oxygen atoms in total. The van der Waals surface area contributed by atoms with Crippen molar-refractivity contribution < 1.29 is 4.79 Å². The molecule has 0 saturated carbocycles. The van der Waals surface area contributed by atoms with Gasteiger partial charge in [-0.05, 0) is 38.4 Å². The van der Waals surface area contributed by atoms with Crippen molar-refractivity contribution >= 4 is 5.91 Å². The zero-order valence-corrected chi connectivity index (χ0v) is 12.2. The van der Waals surface area contributed by atoms with Crippen LogP contribution in [0.25, 0.3) is 5.69 Å². The Morgan fingerprint density at radius 1 is 1.48 bits per heavy atom. The minimum Gasteiger partial charge on any atom is -0.348 e. The number of rotatable bonds is 3. The molecule has 110 valence electrons. The molecule has 1 amide bonds. The lowest BCUT2D eigenvalue weighted by molar-refractivity contribution is 0.0930. The van der Waals surface area contributed by atoms with Crippen LogP contribution < -0.4 is 10.6 Å². The molecule has 2 N–H and O–H groups in total. The van der Waals surface area contributed by atoms with E-state index in [4.69, 9.17) is 0 Å². The number of carbonyl (C=O) groups excluding carboxylic acids is 1. The number of aromatic nitrogens is 2. The highest BCUT2D eigenvalue weighted by molar-refractivity contribution is 5.98. The maximum Gasteiger partial charge on any atom is 0.253 e. The minimum absolute atomic E-state index is 0.0175. The van der Waals surface area contributed by atoms with E-state index in [-0.39, 0.29) is 11.9 Å².